The smallest absolute Gasteiger partial charge is 0.0373 e. The van der Waals surface area contributed by atoms with Crippen molar-refractivity contribution >= 4 is 5.69 Å². The van der Waals surface area contributed by atoms with Crippen molar-refractivity contribution in [1.29, 1.82) is 0 Å². The summed E-state index contributed by atoms with van der Waals surface area (Å²) in [6.45, 7) is 3.22. The second-order valence-corrected chi connectivity index (χ2v) is 4.54. The van der Waals surface area contributed by atoms with Crippen molar-refractivity contribution < 1.29 is 0 Å². The van der Waals surface area contributed by atoms with E-state index in [1.54, 1.807) is 0 Å². The number of fused-ring (bicyclic) bond motifs is 1. The van der Waals surface area contributed by atoms with Crippen molar-refractivity contribution in [2.75, 3.05) is 25.0 Å². The molecule has 0 spiro atoms. The van der Waals surface area contributed by atoms with Crippen molar-refractivity contribution in [2.45, 2.75) is 25.2 Å². The molecule has 0 saturated carbocycles. The van der Waals surface area contributed by atoms with Gasteiger partial charge in [0.15, 0.2) is 0 Å². The number of piperidine rings is 1. The van der Waals surface area contributed by atoms with Gasteiger partial charge < -0.3 is 5.32 Å². The molecule has 2 heteroatoms. The van der Waals surface area contributed by atoms with Gasteiger partial charge in [-0.1, -0.05) is 12.1 Å². The molecule has 1 radical (unpaired) electrons. The van der Waals surface area contributed by atoms with Gasteiger partial charge in [0.1, 0.15) is 0 Å². The minimum Gasteiger partial charge on any atom is -0.384 e. The number of anilines is 1. The fraction of sp³-hybridized carbons (Fsp3) is 0.538. The maximum absolute atomic E-state index is 4.41. The van der Waals surface area contributed by atoms with E-state index in [0.717, 1.165) is 25.6 Å². The molecule has 0 aliphatic carbocycles. The zero-order valence-corrected chi connectivity index (χ0v) is 9.00. The first-order valence-electron chi connectivity index (χ1n) is 5.93. The molecule has 0 atom stereocenters. The Kier molecular flexibility index (Phi) is 2.37. The molecule has 2 nitrogen and oxygen atoms in total. The summed E-state index contributed by atoms with van der Waals surface area (Å²) >= 11 is 0. The van der Waals surface area contributed by atoms with E-state index < -0.39 is 0 Å². The van der Waals surface area contributed by atoms with Crippen LogP contribution in [-0.2, 0) is 6.42 Å². The molecule has 79 valence electrons. The van der Waals surface area contributed by atoms with E-state index in [2.05, 4.69) is 28.8 Å². The second-order valence-electron chi connectivity index (χ2n) is 4.54. The standard InChI is InChI=1S/C13H17N2/c1-2-13-12(5-8-15-13)9-11(1)10-3-6-14-7-4-10/h1-2,9-10,15H,3-8H2. The van der Waals surface area contributed by atoms with Crippen LogP contribution in [0.4, 0.5) is 5.69 Å². The van der Waals surface area contributed by atoms with E-state index in [0.29, 0.717) is 0 Å². The summed E-state index contributed by atoms with van der Waals surface area (Å²) in [5, 5.41) is 7.82. The van der Waals surface area contributed by atoms with E-state index in [-0.39, 0.29) is 0 Å². The van der Waals surface area contributed by atoms with E-state index in [1.165, 1.54) is 36.1 Å². The number of nitrogens with one attached hydrogen (secondary N) is 1. The Labute approximate surface area is 91.1 Å². The molecule has 3 rings (SSSR count). The topological polar surface area (TPSA) is 26.1 Å². The largest absolute Gasteiger partial charge is 0.384 e. The van der Waals surface area contributed by atoms with Gasteiger partial charge in [-0.05, 0) is 42.4 Å². The maximum Gasteiger partial charge on any atom is 0.0373 e. The molecule has 1 aromatic rings. The highest BCUT2D eigenvalue weighted by molar-refractivity contribution is 5.56. The van der Waals surface area contributed by atoms with Gasteiger partial charge in [0.05, 0.1) is 0 Å². The van der Waals surface area contributed by atoms with Gasteiger partial charge in [-0.15, -0.1) is 0 Å². The quantitative estimate of drug-likeness (QED) is 0.740. The third kappa shape index (κ3) is 1.74. The van der Waals surface area contributed by atoms with Crippen LogP contribution >= 0.6 is 0 Å². The van der Waals surface area contributed by atoms with Crippen LogP contribution in [0, 0.1) is 0 Å². The van der Waals surface area contributed by atoms with Crippen molar-refractivity contribution in [2.24, 2.45) is 0 Å². The molecule has 2 heterocycles. The summed E-state index contributed by atoms with van der Waals surface area (Å²) in [4.78, 5) is 0. The van der Waals surface area contributed by atoms with Crippen molar-refractivity contribution in [3.05, 3.63) is 29.3 Å². The van der Waals surface area contributed by atoms with Crippen LogP contribution in [0.1, 0.15) is 29.9 Å². The molecule has 0 amide bonds. The fourth-order valence-electron chi connectivity index (χ4n) is 2.66. The van der Waals surface area contributed by atoms with Crippen LogP contribution in [0.25, 0.3) is 0 Å². The summed E-state index contributed by atoms with van der Waals surface area (Å²) in [6.07, 6.45) is 3.68. The van der Waals surface area contributed by atoms with Crippen LogP contribution in [0.15, 0.2) is 18.2 Å². The van der Waals surface area contributed by atoms with Crippen LogP contribution in [0.5, 0.6) is 0 Å². The van der Waals surface area contributed by atoms with Crippen LogP contribution in [0.2, 0.25) is 0 Å². The van der Waals surface area contributed by atoms with Gasteiger partial charge in [-0.25, -0.2) is 5.32 Å². The lowest BCUT2D eigenvalue weighted by atomic mass is 9.89. The molecular formula is C13H17N2. The first-order chi connectivity index (χ1) is 7.43. The Morgan fingerprint density at radius 3 is 2.93 bits per heavy atom. The first kappa shape index (κ1) is 9.22. The number of benzene rings is 1. The Balaban J connectivity index is 1.85. The highest BCUT2D eigenvalue weighted by Gasteiger charge is 2.18. The average Bonchev–Trinajstić information content (AvgIpc) is 2.77. The number of rotatable bonds is 1. The van der Waals surface area contributed by atoms with Gasteiger partial charge in [-0.3, -0.25) is 0 Å². The Morgan fingerprint density at radius 2 is 2.07 bits per heavy atom. The molecule has 0 aromatic heterocycles. The first-order valence-corrected chi connectivity index (χ1v) is 5.93. The van der Waals surface area contributed by atoms with Gasteiger partial charge in [0.25, 0.3) is 0 Å². The zero-order valence-electron chi connectivity index (χ0n) is 9.00. The summed E-state index contributed by atoms with van der Waals surface area (Å²) in [6, 6.07) is 6.96. The predicted octanol–water partition coefficient (Wildman–Crippen LogP) is 2.14. The lowest BCUT2D eigenvalue weighted by Gasteiger charge is -2.22. The second kappa shape index (κ2) is 3.86. The lowest BCUT2D eigenvalue weighted by molar-refractivity contribution is 0.453. The third-order valence-corrected chi connectivity index (χ3v) is 3.58. The van der Waals surface area contributed by atoms with Crippen LogP contribution < -0.4 is 10.6 Å². The predicted molar refractivity (Wildman–Crippen MR) is 62.5 cm³/mol. The molecule has 1 fully saturated rings. The zero-order chi connectivity index (χ0) is 10.1. The molecular weight excluding hydrogens is 184 g/mol. The summed E-state index contributed by atoms with van der Waals surface area (Å²) in [5.41, 5.74) is 4.39. The molecule has 1 aromatic carbocycles. The molecule has 15 heavy (non-hydrogen) atoms. The van der Waals surface area contributed by atoms with E-state index in [1.807, 2.05) is 0 Å². The SMILES string of the molecule is c1cc2c(cc1C1CC[N]CC1)CCN2. The normalized spacial score (nSPS) is 21.1. The van der Waals surface area contributed by atoms with Crippen molar-refractivity contribution in [1.82, 2.24) is 5.32 Å². The van der Waals surface area contributed by atoms with E-state index in [4.69, 9.17) is 0 Å². The third-order valence-electron chi connectivity index (χ3n) is 3.58. The fourth-order valence-corrected chi connectivity index (χ4v) is 2.66. The molecule has 2 aliphatic heterocycles. The maximum atomic E-state index is 4.41. The molecule has 0 unspecified atom stereocenters. The molecule has 0 bridgehead atoms. The Hall–Kier alpha value is -1.02. The van der Waals surface area contributed by atoms with Gasteiger partial charge >= 0.3 is 0 Å². The highest BCUT2D eigenvalue weighted by atomic mass is 14.9. The minimum atomic E-state index is 0.758. The number of hydrogen-bond acceptors (Lipinski definition) is 1. The molecule has 1 saturated heterocycles. The highest BCUT2D eigenvalue weighted by Crippen LogP contribution is 2.30. The Morgan fingerprint density at radius 1 is 1.20 bits per heavy atom. The van der Waals surface area contributed by atoms with Gasteiger partial charge in [0, 0.05) is 25.3 Å². The van der Waals surface area contributed by atoms with Crippen molar-refractivity contribution in [3.63, 3.8) is 0 Å². The molecule has 1 N–H and O–H groups in total. The Bertz CT molecular complexity index is 354. The number of nitrogens with zero attached hydrogens (tertiary/aromatic N) is 1. The number of hydrogen-bond donors (Lipinski definition) is 1. The molecule has 2 aliphatic rings. The average molecular weight is 201 g/mol. The lowest BCUT2D eigenvalue weighted by Crippen LogP contribution is -2.21. The summed E-state index contributed by atoms with van der Waals surface area (Å²) < 4.78 is 0. The van der Waals surface area contributed by atoms with Gasteiger partial charge in [-0.2, -0.15) is 0 Å². The summed E-state index contributed by atoms with van der Waals surface area (Å²) in [7, 11) is 0. The van der Waals surface area contributed by atoms with E-state index in [9.17, 15) is 0 Å². The van der Waals surface area contributed by atoms with Crippen LogP contribution in [0.3, 0.4) is 0 Å². The van der Waals surface area contributed by atoms with E-state index >= 15 is 0 Å². The van der Waals surface area contributed by atoms with Crippen molar-refractivity contribution in [3.8, 4) is 0 Å². The van der Waals surface area contributed by atoms with Crippen LogP contribution in [-0.4, -0.2) is 19.6 Å². The summed E-state index contributed by atoms with van der Waals surface area (Å²) in [5.74, 6) is 0.758. The monoisotopic (exact) mass is 201 g/mol. The van der Waals surface area contributed by atoms with Gasteiger partial charge in [0.2, 0.25) is 0 Å². The minimum absolute atomic E-state index is 0.758.